The standard InChI is InChI=1S/C27H34FN3O3S/c1-18(27(2,3)4)26(32)31-14-12-19(13-15-31)24-17-30(5)25-11-8-21(16-23(24)25)29-35(33,34)22-9-6-20(28)7-10-22/h6-11,16-19,29H,12-15H2,1-5H3. The number of sulfonamides is 1. The first-order chi connectivity index (χ1) is 16.4. The minimum absolute atomic E-state index is 0.00815. The SMILES string of the molecule is CC(C(=O)N1CCC(c2cn(C)c3ccc(NS(=O)(=O)c4ccc(F)cc4)cc23)CC1)C(C)(C)C. The highest BCUT2D eigenvalue weighted by molar-refractivity contribution is 7.92. The van der Waals surface area contributed by atoms with Crippen LogP contribution in [0, 0.1) is 17.2 Å². The summed E-state index contributed by atoms with van der Waals surface area (Å²) in [6, 6.07) is 10.3. The molecule has 0 radical (unpaired) electrons. The highest BCUT2D eigenvalue weighted by Gasteiger charge is 2.33. The van der Waals surface area contributed by atoms with E-state index in [2.05, 4.69) is 36.3 Å². The number of rotatable bonds is 5. The summed E-state index contributed by atoms with van der Waals surface area (Å²) in [6.07, 6.45) is 3.85. The van der Waals surface area contributed by atoms with Gasteiger partial charge in [-0.15, -0.1) is 0 Å². The van der Waals surface area contributed by atoms with Crippen molar-refractivity contribution in [3.05, 3.63) is 60.0 Å². The topological polar surface area (TPSA) is 71.4 Å². The van der Waals surface area contributed by atoms with E-state index in [1.807, 2.05) is 31.0 Å². The van der Waals surface area contributed by atoms with Crippen molar-refractivity contribution in [2.24, 2.45) is 18.4 Å². The Bertz CT molecular complexity index is 1330. The van der Waals surface area contributed by atoms with E-state index >= 15 is 0 Å². The molecule has 0 spiro atoms. The summed E-state index contributed by atoms with van der Waals surface area (Å²) in [7, 11) is -1.85. The first-order valence-corrected chi connectivity index (χ1v) is 13.5. The van der Waals surface area contributed by atoms with Crippen LogP contribution in [-0.2, 0) is 21.9 Å². The van der Waals surface area contributed by atoms with E-state index in [1.54, 1.807) is 6.07 Å². The van der Waals surface area contributed by atoms with E-state index in [0.717, 1.165) is 49.0 Å². The molecular formula is C27H34FN3O3S. The predicted octanol–water partition coefficient (Wildman–Crippen LogP) is 5.51. The molecule has 1 fully saturated rings. The van der Waals surface area contributed by atoms with Crippen LogP contribution in [0.15, 0.2) is 53.6 Å². The molecule has 35 heavy (non-hydrogen) atoms. The largest absolute Gasteiger partial charge is 0.350 e. The number of anilines is 1. The van der Waals surface area contributed by atoms with E-state index in [1.165, 1.54) is 17.7 Å². The van der Waals surface area contributed by atoms with Gasteiger partial charge in [-0.25, -0.2) is 12.8 Å². The highest BCUT2D eigenvalue weighted by Crippen LogP contribution is 2.37. The molecule has 1 unspecified atom stereocenters. The number of carbonyl (C=O) groups is 1. The number of piperidine rings is 1. The smallest absolute Gasteiger partial charge is 0.261 e. The second-order valence-corrected chi connectivity index (χ2v) is 12.4. The first-order valence-electron chi connectivity index (χ1n) is 12.0. The van der Waals surface area contributed by atoms with Crippen LogP contribution in [0.4, 0.5) is 10.1 Å². The molecule has 1 amide bonds. The van der Waals surface area contributed by atoms with Gasteiger partial charge < -0.3 is 9.47 Å². The Kier molecular flexibility index (Phi) is 6.70. The molecule has 1 saturated heterocycles. The summed E-state index contributed by atoms with van der Waals surface area (Å²) >= 11 is 0. The summed E-state index contributed by atoms with van der Waals surface area (Å²) in [5.74, 6) is -0.0174. The minimum atomic E-state index is -3.83. The molecule has 1 aliphatic heterocycles. The average Bonchev–Trinajstić information content (AvgIpc) is 3.13. The number of aromatic nitrogens is 1. The van der Waals surface area contributed by atoms with Crippen molar-refractivity contribution in [3.8, 4) is 0 Å². The van der Waals surface area contributed by atoms with Crippen LogP contribution < -0.4 is 4.72 Å². The van der Waals surface area contributed by atoms with E-state index < -0.39 is 15.8 Å². The van der Waals surface area contributed by atoms with Crippen molar-refractivity contribution in [3.63, 3.8) is 0 Å². The quantitative estimate of drug-likeness (QED) is 0.503. The van der Waals surface area contributed by atoms with Gasteiger partial charge in [-0.05, 0) is 72.2 Å². The highest BCUT2D eigenvalue weighted by atomic mass is 32.2. The molecule has 1 aromatic heterocycles. The maximum absolute atomic E-state index is 13.2. The summed E-state index contributed by atoms with van der Waals surface area (Å²) in [6.45, 7) is 9.74. The number of hydrogen-bond acceptors (Lipinski definition) is 3. The molecule has 1 aliphatic rings. The summed E-state index contributed by atoms with van der Waals surface area (Å²) in [5, 5.41) is 1.000. The van der Waals surface area contributed by atoms with Gasteiger partial charge in [0.1, 0.15) is 5.82 Å². The lowest BCUT2D eigenvalue weighted by molar-refractivity contribution is -0.139. The Balaban J connectivity index is 1.54. The molecule has 4 rings (SSSR count). The maximum atomic E-state index is 13.2. The zero-order valence-electron chi connectivity index (χ0n) is 21.0. The molecule has 0 bridgehead atoms. The number of halogens is 1. The van der Waals surface area contributed by atoms with Crippen molar-refractivity contribution < 1.29 is 17.6 Å². The number of nitrogens with one attached hydrogen (secondary N) is 1. The third-order valence-corrected chi connectivity index (χ3v) is 8.71. The lowest BCUT2D eigenvalue weighted by atomic mass is 9.80. The molecule has 0 aliphatic carbocycles. The lowest BCUT2D eigenvalue weighted by Crippen LogP contribution is -2.43. The number of aryl methyl sites for hydroxylation is 1. The Morgan fingerprint density at radius 1 is 1.09 bits per heavy atom. The Hall–Kier alpha value is -2.87. The van der Waals surface area contributed by atoms with Gasteiger partial charge >= 0.3 is 0 Å². The van der Waals surface area contributed by atoms with E-state index in [9.17, 15) is 17.6 Å². The number of benzene rings is 2. The fraction of sp³-hybridized carbons (Fsp3) is 0.444. The van der Waals surface area contributed by atoms with Gasteiger partial charge in [0.15, 0.2) is 0 Å². The Labute approximate surface area is 207 Å². The lowest BCUT2D eigenvalue weighted by Gasteiger charge is -2.36. The number of carbonyl (C=O) groups excluding carboxylic acids is 1. The number of amides is 1. The molecular weight excluding hydrogens is 465 g/mol. The van der Waals surface area contributed by atoms with Gasteiger partial charge in [-0.3, -0.25) is 9.52 Å². The van der Waals surface area contributed by atoms with Gasteiger partial charge in [0.2, 0.25) is 5.91 Å². The van der Waals surface area contributed by atoms with Crippen LogP contribution in [0.1, 0.15) is 52.0 Å². The van der Waals surface area contributed by atoms with Gasteiger partial charge in [-0.2, -0.15) is 0 Å². The van der Waals surface area contributed by atoms with E-state index in [-0.39, 0.29) is 28.1 Å². The fourth-order valence-corrected chi connectivity index (χ4v) is 5.74. The van der Waals surface area contributed by atoms with Crippen LogP contribution in [-0.4, -0.2) is 36.9 Å². The summed E-state index contributed by atoms with van der Waals surface area (Å²) < 4.78 is 43.5. The first kappa shape index (κ1) is 25.2. The van der Waals surface area contributed by atoms with Crippen LogP contribution >= 0.6 is 0 Å². The number of fused-ring (bicyclic) bond motifs is 1. The Morgan fingerprint density at radius 2 is 1.71 bits per heavy atom. The van der Waals surface area contributed by atoms with E-state index in [4.69, 9.17) is 0 Å². The molecule has 6 nitrogen and oxygen atoms in total. The Morgan fingerprint density at radius 3 is 2.31 bits per heavy atom. The van der Waals surface area contributed by atoms with Gasteiger partial charge in [-0.1, -0.05) is 27.7 Å². The number of likely N-dealkylation sites (tertiary alicyclic amines) is 1. The summed E-state index contributed by atoms with van der Waals surface area (Å²) in [5.41, 5.74) is 2.58. The normalized spacial score (nSPS) is 16.5. The molecule has 0 saturated carbocycles. The molecule has 3 aromatic rings. The van der Waals surface area contributed by atoms with Crippen molar-refractivity contribution in [1.82, 2.24) is 9.47 Å². The molecule has 1 N–H and O–H groups in total. The van der Waals surface area contributed by atoms with Gasteiger partial charge in [0.05, 0.1) is 4.90 Å². The van der Waals surface area contributed by atoms with Crippen LogP contribution in [0.5, 0.6) is 0 Å². The van der Waals surface area contributed by atoms with Crippen molar-refractivity contribution in [1.29, 1.82) is 0 Å². The van der Waals surface area contributed by atoms with Gasteiger partial charge in [0, 0.05) is 48.8 Å². The third kappa shape index (κ3) is 5.22. The second-order valence-electron chi connectivity index (χ2n) is 10.7. The fourth-order valence-electron chi connectivity index (χ4n) is 4.69. The zero-order valence-corrected chi connectivity index (χ0v) is 21.8. The summed E-state index contributed by atoms with van der Waals surface area (Å²) in [4.78, 5) is 14.9. The van der Waals surface area contributed by atoms with Crippen molar-refractivity contribution in [2.45, 2.75) is 51.3 Å². The predicted molar refractivity (Wildman–Crippen MR) is 137 cm³/mol. The van der Waals surface area contributed by atoms with Crippen molar-refractivity contribution >= 4 is 32.5 Å². The number of nitrogens with zero attached hydrogens (tertiary/aromatic N) is 2. The molecule has 188 valence electrons. The van der Waals surface area contributed by atoms with Crippen molar-refractivity contribution in [2.75, 3.05) is 17.8 Å². The van der Waals surface area contributed by atoms with E-state index in [0.29, 0.717) is 5.69 Å². The molecule has 2 aromatic carbocycles. The third-order valence-electron chi connectivity index (χ3n) is 7.31. The molecule has 1 atom stereocenters. The number of hydrogen-bond donors (Lipinski definition) is 1. The van der Waals surface area contributed by atoms with Crippen LogP contribution in [0.25, 0.3) is 10.9 Å². The van der Waals surface area contributed by atoms with Gasteiger partial charge in [0.25, 0.3) is 10.0 Å². The van der Waals surface area contributed by atoms with Crippen LogP contribution in [0.2, 0.25) is 0 Å². The zero-order chi connectivity index (χ0) is 25.5. The monoisotopic (exact) mass is 499 g/mol. The van der Waals surface area contributed by atoms with Crippen LogP contribution in [0.3, 0.4) is 0 Å². The molecule has 8 heteroatoms. The second kappa shape index (κ2) is 9.30. The average molecular weight is 500 g/mol. The minimum Gasteiger partial charge on any atom is -0.350 e. The molecule has 2 heterocycles. The maximum Gasteiger partial charge on any atom is 0.261 e.